The maximum atomic E-state index is 13.1. The highest BCUT2D eigenvalue weighted by Crippen LogP contribution is 2.41. The first-order chi connectivity index (χ1) is 13.7. The fourth-order valence-electron chi connectivity index (χ4n) is 3.06. The van der Waals surface area contributed by atoms with Gasteiger partial charge in [0.1, 0.15) is 11.5 Å². The summed E-state index contributed by atoms with van der Waals surface area (Å²) in [6.45, 7) is 0. The monoisotopic (exact) mass is 443 g/mol. The van der Waals surface area contributed by atoms with Crippen molar-refractivity contribution in [3.63, 3.8) is 0 Å². The zero-order valence-electron chi connectivity index (χ0n) is 14.7. The van der Waals surface area contributed by atoms with E-state index in [1.165, 1.54) is 35.7 Å². The van der Waals surface area contributed by atoms with E-state index in [4.69, 9.17) is 23.2 Å². The van der Waals surface area contributed by atoms with Gasteiger partial charge in [-0.15, -0.1) is 0 Å². The lowest BCUT2D eigenvalue weighted by atomic mass is 10.1. The third-order valence-corrected chi connectivity index (χ3v) is 5.19. The van der Waals surface area contributed by atoms with Gasteiger partial charge in [0, 0.05) is 12.4 Å². The van der Waals surface area contributed by atoms with E-state index in [0.717, 1.165) is 12.8 Å². The van der Waals surface area contributed by atoms with E-state index in [-0.39, 0.29) is 21.5 Å². The van der Waals surface area contributed by atoms with E-state index in [9.17, 15) is 18.0 Å². The molecule has 1 amide bonds. The molecule has 1 aliphatic carbocycles. The standard InChI is InChI=1S/C18H14Cl2F3N5O/c19-11-7-24-8-12(20)16(11)17(29)26-10-3-4-15(25-6-10)28-13(9-1-2-9)5-14(27-28)18(21,22)23/h3-9,13,27H,1-2H2,(H,26,29). The van der Waals surface area contributed by atoms with Crippen LogP contribution in [-0.4, -0.2) is 28.1 Å². The van der Waals surface area contributed by atoms with Gasteiger partial charge in [0.2, 0.25) is 0 Å². The van der Waals surface area contributed by atoms with Gasteiger partial charge in [0.05, 0.1) is 33.5 Å². The molecular formula is C18H14Cl2F3N5O. The van der Waals surface area contributed by atoms with Gasteiger partial charge in [-0.3, -0.25) is 20.2 Å². The number of allylic oxidation sites excluding steroid dienone is 1. The molecule has 2 aromatic heterocycles. The minimum absolute atomic E-state index is 0.0708. The molecule has 2 N–H and O–H groups in total. The molecule has 152 valence electrons. The molecule has 0 aromatic carbocycles. The third kappa shape index (κ3) is 4.11. The Morgan fingerprint density at radius 2 is 1.86 bits per heavy atom. The highest BCUT2D eigenvalue weighted by molar-refractivity contribution is 6.40. The van der Waals surface area contributed by atoms with Crippen LogP contribution in [0.2, 0.25) is 10.0 Å². The topological polar surface area (TPSA) is 70.2 Å². The first-order valence-corrected chi connectivity index (χ1v) is 9.41. The smallest absolute Gasteiger partial charge is 0.320 e. The highest BCUT2D eigenvalue weighted by Gasteiger charge is 2.45. The van der Waals surface area contributed by atoms with Crippen molar-refractivity contribution < 1.29 is 18.0 Å². The number of alkyl halides is 3. The Hall–Kier alpha value is -2.52. The first kappa shape index (κ1) is 19.8. The number of halogens is 5. The van der Waals surface area contributed by atoms with Crippen molar-refractivity contribution in [2.24, 2.45) is 5.92 Å². The number of carbonyl (C=O) groups excluding carboxylic acids is 1. The van der Waals surface area contributed by atoms with Crippen molar-refractivity contribution >= 4 is 40.6 Å². The Kier molecular flexibility index (Phi) is 5.04. The number of nitrogens with one attached hydrogen (secondary N) is 2. The normalized spacial score (nSPS) is 19.0. The highest BCUT2D eigenvalue weighted by atomic mass is 35.5. The molecule has 1 aliphatic heterocycles. The van der Waals surface area contributed by atoms with Crippen molar-refractivity contribution in [1.29, 1.82) is 0 Å². The van der Waals surface area contributed by atoms with Crippen LogP contribution < -0.4 is 15.8 Å². The van der Waals surface area contributed by atoms with Crippen LogP contribution >= 0.6 is 23.2 Å². The lowest BCUT2D eigenvalue weighted by Crippen LogP contribution is -2.42. The van der Waals surface area contributed by atoms with Crippen LogP contribution in [0.3, 0.4) is 0 Å². The number of hydrazine groups is 1. The number of amides is 1. The summed E-state index contributed by atoms with van der Waals surface area (Å²) in [6, 6.07) is 2.65. The van der Waals surface area contributed by atoms with E-state index in [0.29, 0.717) is 11.5 Å². The first-order valence-electron chi connectivity index (χ1n) is 8.65. The van der Waals surface area contributed by atoms with Crippen LogP contribution in [0, 0.1) is 5.92 Å². The summed E-state index contributed by atoms with van der Waals surface area (Å²) in [4.78, 5) is 20.4. The summed E-state index contributed by atoms with van der Waals surface area (Å²) >= 11 is 11.9. The second-order valence-electron chi connectivity index (χ2n) is 6.73. The van der Waals surface area contributed by atoms with E-state index in [1.807, 2.05) is 0 Å². The number of hydrogen-bond donors (Lipinski definition) is 2. The van der Waals surface area contributed by atoms with E-state index < -0.39 is 23.8 Å². The largest absolute Gasteiger partial charge is 0.432 e. The van der Waals surface area contributed by atoms with Crippen molar-refractivity contribution in [1.82, 2.24) is 15.4 Å². The third-order valence-electron chi connectivity index (χ3n) is 4.62. The van der Waals surface area contributed by atoms with Crippen LogP contribution in [-0.2, 0) is 0 Å². The SMILES string of the molecule is O=C(Nc1ccc(N2NC(C(F)(F)F)=CC2C2CC2)nc1)c1c(Cl)cncc1Cl. The minimum atomic E-state index is -4.46. The van der Waals surface area contributed by atoms with E-state index in [1.54, 1.807) is 6.07 Å². The molecule has 1 atom stereocenters. The lowest BCUT2D eigenvalue weighted by molar-refractivity contribution is -0.0958. The van der Waals surface area contributed by atoms with Gasteiger partial charge in [0.15, 0.2) is 0 Å². The molecule has 2 aliphatic rings. The predicted octanol–water partition coefficient (Wildman–Crippen LogP) is 4.59. The molecule has 0 saturated heterocycles. The number of hydrogen-bond acceptors (Lipinski definition) is 5. The molecular weight excluding hydrogens is 430 g/mol. The van der Waals surface area contributed by atoms with Crippen LogP contribution in [0.5, 0.6) is 0 Å². The van der Waals surface area contributed by atoms with Crippen molar-refractivity contribution in [3.05, 3.63) is 58.1 Å². The zero-order chi connectivity index (χ0) is 20.8. The molecule has 1 saturated carbocycles. The predicted molar refractivity (Wildman–Crippen MR) is 103 cm³/mol. The maximum absolute atomic E-state index is 13.1. The maximum Gasteiger partial charge on any atom is 0.432 e. The van der Waals surface area contributed by atoms with Crippen LogP contribution in [0.15, 0.2) is 42.5 Å². The molecule has 29 heavy (non-hydrogen) atoms. The molecule has 0 bridgehead atoms. The number of anilines is 2. The van der Waals surface area contributed by atoms with Crippen molar-refractivity contribution in [2.45, 2.75) is 25.1 Å². The van der Waals surface area contributed by atoms with Gasteiger partial charge >= 0.3 is 6.18 Å². The van der Waals surface area contributed by atoms with Gasteiger partial charge in [0.25, 0.3) is 5.91 Å². The lowest BCUT2D eigenvalue weighted by Gasteiger charge is -2.26. The fraction of sp³-hybridized carbons (Fsp3) is 0.278. The molecule has 1 unspecified atom stereocenters. The Morgan fingerprint density at radius 1 is 1.17 bits per heavy atom. The number of nitrogens with zero attached hydrogens (tertiary/aromatic N) is 3. The van der Waals surface area contributed by atoms with Crippen LogP contribution in [0.4, 0.5) is 24.7 Å². The Morgan fingerprint density at radius 3 is 2.41 bits per heavy atom. The molecule has 3 heterocycles. The number of pyridine rings is 2. The molecule has 1 fully saturated rings. The van der Waals surface area contributed by atoms with Gasteiger partial charge in [-0.05, 0) is 37.0 Å². The average Bonchev–Trinajstić information content (AvgIpc) is 3.39. The number of aromatic nitrogens is 2. The minimum Gasteiger partial charge on any atom is -0.320 e. The quantitative estimate of drug-likeness (QED) is 0.723. The average molecular weight is 444 g/mol. The zero-order valence-corrected chi connectivity index (χ0v) is 16.2. The Labute approximate surface area is 173 Å². The number of rotatable bonds is 4. The van der Waals surface area contributed by atoms with Crippen molar-refractivity contribution in [2.75, 3.05) is 10.3 Å². The van der Waals surface area contributed by atoms with Crippen LogP contribution in [0.25, 0.3) is 0 Å². The van der Waals surface area contributed by atoms with Gasteiger partial charge in [-0.2, -0.15) is 13.2 Å². The summed E-state index contributed by atoms with van der Waals surface area (Å²) in [5, 5.41) is 4.20. The van der Waals surface area contributed by atoms with Crippen LogP contribution in [0.1, 0.15) is 23.2 Å². The molecule has 4 rings (SSSR count). The number of carbonyl (C=O) groups is 1. The molecule has 0 radical (unpaired) electrons. The summed E-state index contributed by atoms with van der Waals surface area (Å²) in [7, 11) is 0. The molecule has 11 heteroatoms. The van der Waals surface area contributed by atoms with E-state index >= 15 is 0 Å². The summed E-state index contributed by atoms with van der Waals surface area (Å²) in [5.41, 5.74) is 2.01. The van der Waals surface area contributed by atoms with Gasteiger partial charge in [-0.1, -0.05) is 23.2 Å². The molecule has 0 spiro atoms. The van der Waals surface area contributed by atoms with E-state index in [2.05, 4.69) is 20.7 Å². The fourth-order valence-corrected chi connectivity index (χ4v) is 3.60. The summed E-state index contributed by atoms with van der Waals surface area (Å²) in [6.07, 6.45) is 2.42. The Bertz CT molecular complexity index is 956. The second kappa shape index (κ2) is 7.38. The summed E-state index contributed by atoms with van der Waals surface area (Å²) in [5.74, 6) is -0.0805. The molecule has 2 aromatic rings. The molecule has 6 nitrogen and oxygen atoms in total. The van der Waals surface area contributed by atoms with Crippen molar-refractivity contribution in [3.8, 4) is 0 Å². The summed E-state index contributed by atoms with van der Waals surface area (Å²) < 4.78 is 39.3. The second-order valence-corrected chi connectivity index (χ2v) is 7.54. The van der Waals surface area contributed by atoms with Gasteiger partial charge < -0.3 is 5.32 Å². The Balaban J connectivity index is 1.50. The van der Waals surface area contributed by atoms with Gasteiger partial charge in [-0.25, -0.2) is 4.98 Å².